The number of rotatable bonds is 7. The second-order valence-electron chi connectivity index (χ2n) is 3.63. The van der Waals surface area contributed by atoms with Gasteiger partial charge in [0.15, 0.2) is 5.16 Å². The molecule has 5 nitrogen and oxygen atoms in total. The summed E-state index contributed by atoms with van der Waals surface area (Å²) >= 11 is 1.73. The van der Waals surface area contributed by atoms with Crippen LogP contribution in [0.25, 0.3) is 0 Å². The Kier molecular flexibility index (Phi) is 5.67. The first-order valence-corrected chi connectivity index (χ1v) is 6.01. The van der Waals surface area contributed by atoms with Gasteiger partial charge in [0.1, 0.15) is 6.33 Å². The molecule has 1 N–H and O–H groups in total. The van der Waals surface area contributed by atoms with Crippen LogP contribution in [0.1, 0.15) is 0 Å². The molecule has 0 amide bonds. The third-order valence-corrected chi connectivity index (χ3v) is 2.95. The zero-order valence-corrected chi connectivity index (χ0v) is 10.4. The minimum atomic E-state index is 0.976. The van der Waals surface area contributed by atoms with Crippen LogP contribution in [0.4, 0.5) is 0 Å². The number of likely N-dealkylation sites (N-methyl/N-ethyl adjacent to an activating group) is 1. The lowest BCUT2D eigenvalue weighted by atomic mass is 10.5. The van der Waals surface area contributed by atoms with Crippen molar-refractivity contribution in [2.24, 2.45) is 7.05 Å². The molecule has 0 atom stereocenters. The van der Waals surface area contributed by atoms with Crippen LogP contribution in [-0.4, -0.2) is 59.1 Å². The van der Waals surface area contributed by atoms with Crippen LogP contribution in [0.3, 0.4) is 0 Å². The molecule has 0 fully saturated rings. The number of thioether (sulfide) groups is 1. The van der Waals surface area contributed by atoms with Gasteiger partial charge in [-0.3, -0.25) is 0 Å². The van der Waals surface area contributed by atoms with Gasteiger partial charge in [-0.25, -0.2) is 0 Å². The predicted molar refractivity (Wildman–Crippen MR) is 63.2 cm³/mol. The zero-order valence-electron chi connectivity index (χ0n) is 9.60. The highest BCUT2D eigenvalue weighted by molar-refractivity contribution is 7.99. The van der Waals surface area contributed by atoms with Crippen molar-refractivity contribution in [3.05, 3.63) is 6.33 Å². The highest BCUT2D eigenvalue weighted by Crippen LogP contribution is 2.11. The number of hydrogen-bond acceptors (Lipinski definition) is 5. The van der Waals surface area contributed by atoms with Gasteiger partial charge in [-0.1, -0.05) is 11.8 Å². The van der Waals surface area contributed by atoms with Crippen LogP contribution in [0.2, 0.25) is 0 Å². The lowest BCUT2D eigenvalue weighted by Crippen LogP contribution is -2.28. The second-order valence-corrected chi connectivity index (χ2v) is 4.69. The number of nitrogens with one attached hydrogen (secondary N) is 1. The average molecular weight is 229 g/mol. The first-order valence-electron chi connectivity index (χ1n) is 5.02. The van der Waals surface area contributed by atoms with Crippen LogP contribution >= 0.6 is 11.8 Å². The number of aryl methyl sites for hydroxylation is 1. The summed E-state index contributed by atoms with van der Waals surface area (Å²) < 4.78 is 1.94. The van der Waals surface area contributed by atoms with Gasteiger partial charge in [-0.15, -0.1) is 10.2 Å². The molecular formula is C9H19N5S. The summed E-state index contributed by atoms with van der Waals surface area (Å²) in [6.07, 6.45) is 1.72. The normalized spacial score (nSPS) is 11.2. The summed E-state index contributed by atoms with van der Waals surface area (Å²) in [4.78, 5) is 2.17. The third-order valence-electron chi connectivity index (χ3n) is 1.92. The van der Waals surface area contributed by atoms with Crippen LogP contribution in [0.5, 0.6) is 0 Å². The number of aromatic nitrogens is 3. The Hall–Kier alpha value is -0.590. The van der Waals surface area contributed by atoms with Gasteiger partial charge >= 0.3 is 0 Å². The molecule has 0 bridgehead atoms. The zero-order chi connectivity index (χ0) is 11.1. The standard InChI is InChI=1S/C9H19N5S/c1-13(2)6-4-10-5-7-15-9-12-11-8-14(9)3/h8,10H,4-7H2,1-3H3. The first kappa shape index (κ1) is 12.5. The molecule has 0 aliphatic heterocycles. The van der Waals surface area contributed by atoms with E-state index in [4.69, 9.17) is 0 Å². The van der Waals surface area contributed by atoms with Crippen molar-refractivity contribution in [3.63, 3.8) is 0 Å². The SMILES string of the molecule is CN(C)CCNCCSc1nncn1C. The van der Waals surface area contributed by atoms with Crippen molar-refractivity contribution in [1.82, 2.24) is 25.0 Å². The van der Waals surface area contributed by atoms with Crippen molar-refractivity contribution in [3.8, 4) is 0 Å². The molecule has 1 heterocycles. The number of hydrogen-bond donors (Lipinski definition) is 1. The monoisotopic (exact) mass is 229 g/mol. The summed E-state index contributed by atoms with van der Waals surface area (Å²) in [7, 11) is 6.12. The highest BCUT2D eigenvalue weighted by atomic mass is 32.2. The van der Waals surface area contributed by atoms with Gasteiger partial charge in [0, 0.05) is 32.4 Å². The van der Waals surface area contributed by atoms with Crippen molar-refractivity contribution >= 4 is 11.8 Å². The molecule has 1 rings (SSSR count). The Bertz CT molecular complexity index is 273. The Morgan fingerprint density at radius 1 is 1.47 bits per heavy atom. The molecule has 0 aliphatic rings. The fraction of sp³-hybridized carbons (Fsp3) is 0.778. The Morgan fingerprint density at radius 2 is 2.27 bits per heavy atom. The summed E-state index contributed by atoms with van der Waals surface area (Å²) in [6, 6.07) is 0. The van der Waals surface area contributed by atoms with Gasteiger partial charge in [-0.05, 0) is 14.1 Å². The van der Waals surface area contributed by atoms with Gasteiger partial charge in [0.25, 0.3) is 0 Å². The Labute approximate surface area is 95.2 Å². The maximum Gasteiger partial charge on any atom is 0.190 e. The lowest BCUT2D eigenvalue weighted by molar-refractivity contribution is 0.403. The predicted octanol–water partition coefficient (Wildman–Crippen LogP) is 0.0584. The van der Waals surface area contributed by atoms with Gasteiger partial charge in [0.05, 0.1) is 0 Å². The summed E-state index contributed by atoms with van der Waals surface area (Å²) in [5.74, 6) is 1.03. The van der Waals surface area contributed by atoms with Crippen molar-refractivity contribution in [2.45, 2.75) is 5.16 Å². The van der Waals surface area contributed by atoms with E-state index in [9.17, 15) is 0 Å². The third kappa shape index (κ3) is 5.15. The van der Waals surface area contributed by atoms with Crippen molar-refractivity contribution in [2.75, 3.05) is 39.5 Å². The fourth-order valence-electron chi connectivity index (χ4n) is 1.05. The number of nitrogens with zero attached hydrogens (tertiary/aromatic N) is 4. The van der Waals surface area contributed by atoms with E-state index in [-0.39, 0.29) is 0 Å². The maximum atomic E-state index is 4.00. The average Bonchev–Trinajstić information content (AvgIpc) is 2.57. The van der Waals surface area contributed by atoms with Crippen LogP contribution < -0.4 is 5.32 Å². The van der Waals surface area contributed by atoms with Crippen molar-refractivity contribution < 1.29 is 0 Å². The lowest BCUT2D eigenvalue weighted by Gasteiger charge is -2.09. The summed E-state index contributed by atoms with van der Waals surface area (Å²) in [6.45, 7) is 3.12. The topological polar surface area (TPSA) is 46.0 Å². The van der Waals surface area contributed by atoms with E-state index < -0.39 is 0 Å². The minimum Gasteiger partial charge on any atom is -0.315 e. The molecule has 0 saturated carbocycles. The molecule has 86 valence electrons. The highest BCUT2D eigenvalue weighted by Gasteiger charge is 1.99. The molecule has 6 heteroatoms. The van der Waals surface area contributed by atoms with Crippen LogP contribution in [0.15, 0.2) is 11.5 Å². The fourth-order valence-corrected chi connectivity index (χ4v) is 1.83. The molecule has 0 unspecified atom stereocenters. The van der Waals surface area contributed by atoms with Gasteiger partial charge < -0.3 is 14.8 Å². The van der Waals surface area contributed by atoms with E-state index in [2.05, 4.69) is 34.5 Å². The smallest absolute Gasteiger partial charge is 0.190 e. The Balaban J connectivity index is 2.00. The quantitative estimate of drug-likeness (QED) is 0.529. The van der Waals surface area contributed by atoms with E-state index in [0.29, 0.717) is 0 Å². The second kappa shape index (κ2) is 6.81. The Morgan fingerprint density at radius 3 is 2.87 bits per heavy atom. The van der Waals surface area contributed by atoms with E-state index in [1.54, 1.807) is 18.1 Å². The van der Waals surface area contributed by atoms with Gasteiger partial charge in [0.2, 0.25) is 0 Å². The first-order chi connectivity index (χ1) is 7.20. The van der Waals surface area contributed by atoms with E-state index >= 15 is 0 Å². The van der Waals surface area contributed by atoms with Crippen LogP contribution in [0, 0.1) is 0 Å². The molecular weight excluding hydrogens is 210 g/mol. The molecule has 15 heavy (non-hydrogen) atoms. The molecule has 0 aromatic carbocycles. The van der Waals surface area contributed by atoms with Crippen molar-refractivity contribution in [1.29, 1.82) is 0 Å². The maximum absolute atomic E-state index is 4.00. The van der Waals surface area contributed by atoms with E-state index in [1.165, 1.54) is 0 Å². The van der Waals surface area contributed by atoms with E-state index in [1.807, 2.05) is 11.6 Å². The molecule has 0 aliphatic carbocycles. The van der Waals surface area contributed by atoms with Crippen LogP contribution in [-0.2, 0) is 7.05 Å². The largest absolute Gasteiger partial charge is 0.315 e. The van der Waals surface area contributed by atoms with E-state index in [0.717, 1.165) is 30.5 Å². The van der Waals surface area contributed by atoms with Gasteiger partial charge in [-0.2, -0.15) is 0 Å². The molecule has 1 aromatic rings. The molecule has 0 radical (unpaired) electrons. The molecule has 0 saturated heterocycles. The minimum absolute atomic E-state index is 0.976. The summed E-state index contributed by atoms with van der Waals surface area (Å²) in [5.41, 5.74) is 0. The summed E-state index contributed by atoms with van der Waals surface area (Å²) in [5, 5.41) is 12.2. The molecule has 1 aromatic heterocycles. The molecule has 0 spiro atoms.